The van der Waals surface area contributed by atoms with E-state index >= 15 is 0 Å². The van der Waals surface area contributed by atoms with Gasteiger partial charge in [0.05, 0.1) is 18.2 Å². The van der Waals surface area contributed by atoms with E-state index in [0.717, 1.165) is 27.1 Å². The predicted molar refractivity (Wildman–Crippen MR) is 250 cm³/mol. The van der Waals surface area contributed by atoms with E-state index in [2.05, 4.69) is 157 Å². The Balaban J connectivity index is 1.25. The summed E-state index contributed by atoms with van der Waals surface area (Å²) < 4.78 is 61.0. The second-order valence-corrected chi connectivity index (χ2v) is 21.5. The van der Waals surface area contributed by atoms with E-state index in [1.165, 1.54) is 30.6 Å². The molecule has 1 aliphatic heterocycles. The molecule has 0 spiro atoms. The van der Waals surface area contributed by atoms with Gasteiger partial charge in [0.15, 0.2) is 23.2 Å². The molecule has 9 nitrogen and oxygen atoms in total. The second kappa shape index (κ2) is 17.7. The van der Waals surface area contributed by atoms with Crippen LogP contribution in [0.5, 0.6) is 5.75 Å². The van der Waals surface area contributed by atoms with Gasteiger partial charge in [0, 0.05) is 18.7 Å². The molecule has 9 rings (SSSR count). The minimum atomic E-state index is -4.85. The summed E-state index contributed by atoms with van der Waals surface area (Å²) in [5.74, 6) is 0.176. The van der Waals surface area contributed by atoms with Gasteiger partial charge >= 0.3 is 6.36 Å². The van der Waals surface area contributed by atoms with Crippen LogP contribution in [0, 0.1) is 0 Å². The van der Waals surface area contributed by atoms with Crippen molar-refractivity contribution in [2.24, 2.45) is 0 Å². The summed E-state index contributed by atoms with van der Waals surface area (Å²) in [5, 5.41) is 1.97. The van der Waals surface area contributed by atoms with Crippen molar-refractivity contribution in [3.63, 3.8) is 0 Å². The average Bonchev–Trinajstić information content (AvgIpc) is 3.72. The van der Waals surface area contributed by atoms with E-state index < -0.39 is 32.6 Å². The van der Waals surface area contributed by atoms with Gasteiger partial charge in [-0.25, -0.2) is 15.0 Å². The zero-order valence-electron chi connectivity index (χ0n) is 36.3. The van der Waals surface area contributed by atoms with Crippen molar-refractivity contribution in [1.29, 1.82) is 0 Å². The molecular formula is C52H49F3N6O3Si. The average molecular weight is 891 g/mol. The number of imidazole rings is 1. The smallest absolute Gasteiger partial charge is 0.406 e. The van der Waals surface area contributed by atoms with Crippen LogP contribution in [-0.4, -0.2) is 64.9 Å². The third-order valence-corrected chi connectivity index (χ3v) is 17.2. The number of rotatable bonds is 12. The fraction of sp³-hybridized carbons (Fsp3) is 0.212. The Morgan fingerprint density at radius 3 is 1.63 bits per heavy atom. The maximum absolute atomic E-state index is 13.3. The molecule has 0 unspecified atom stereocenters. The lowest BCUT2D eigenvalue weighted by Gasteiger charge is -2.51. The first-order valence-electron chi connectivity index (χ1n) is 21.5. The molecule has 0 amide bonds. The van der Waals surface area contributed by atoms with Gasteiger partial charge in [0.2, 0.25) is 0 Å². The summed E-state index contributed by atoms with van der Waals surface area (Å²) >= 11 is 0. The van der Waals surface area contributed by atoms with Crippen LogP contribution < -0.4 is 20.8 Å². The Hall–Kier alpha value is -6.64. The van der Waals surface area contributed by atoms with Gasteiger partial charge in [-0.3, -0.25) is 9.47 Å². The first-order valence-corrected chi connectivity index (χ1v) is 23.5. The van der Waals surface area contributed by atoms with E-state index in [1.54, 1.807) is 0 Å². The number of nitrogen functional groups attached to an aromatic ring is 1. The number of halogens is 3. The Morgan fingerprint density at radius 2 is 1.15 bits per heavy atom. The molecule has 3 heterocycles. The highest BCUT2D eigenvalue weighted by molar-refractivity contribution is 6.99. The molecule has 0 aliphatic carbocycles. The maximum atomic E-state index is 13.3. The molecule has 6 aromatic carbocycles. The van der Waals surface area contributed by atoms with Crippen LogP contribution >= 0.6 is 0 Å². The molecule has 2 N–H and O–H groups in total. The Bertz CT molecular complexity index is 2690. The fourth-order valence-corrected chi connectivity index (χ4v) is 14.2. The third-order valence-electron chi connectivity index (χ3n) is 12.2. The molecule has 0 saturated carbocycles. The molecule has 1 aliphatic rings. The first kappa shape index (κ1) is 43.6. The number of ether oxygens (including phenoxy) is 2. The van der Waals surface area contributed by atoms with Crippen LogP contribution in [0.2, 0.25) is 5.04 Å². The van der Waals surface area contributed by atoms with Gasteiger partial charge in [-0.15, -0.1) is 13.2 Å². The van der Waals surface area contributed by atoms with Gasteiger partial charge in [0.25, 0.3) is 8.32 Å². The molecule has 13 heteroatoms. The van der Waals surface area contributed by atoms with Crippen molar-refractivity contribution in [2.45, 2.75) is 50.0 Å². The molecule has 0 radical (unpaired) electrons. The van der Waals surface area contributed by atoms with Crippen LogP contribution in [0.3, 0.4) is 0 Å². The number of benzene rings is 6. The minimum Gasteiger partial charge on any atom is -0.406 e. The van der Waals surface area contributed by atoms with Crippen molar-refractivity contribution < 1.29 is 27.1 Å². The van der Waals surface area contributed by atoms with E-state index in [0.29, 0.717) is 35.6 Å². The number of anilines is 1. The largest absolute Gasteiger partial charge is 0.573 e. The van der Waals surface area contributed by atoms with E-state index in [-0.39, 0.29) is 23.2 Å². The lowest BCUT2D eigenvalue weighted by molar-refractivity contribution is -0.274. The quantitative estimate of drug-likeness (QED) is 0.0957. The number of aromatic nitrogens is 4. The summed E-state index contributed by atoms with van der Waals surface area (Å²) in [6, 6.07) is 58.0. The number of nitrogens with two attached hydrogens (primary N) is 1. The lowest BCUT2D eigenvalue weighted by atomic mass is 9.75. The van der Waals surface area contributed by atoms with Gasteiger partial charge < -0.3 is 19.6 Å². The SMILES string of the molecule is CC(C)(C)[Si](OC[C@@H]1CN(C(c2ccccc2)(c2ccccc2)c2ccccc2)C[C@H](n2c(-c3ccc(OC(F)(F)F)cc3)nc3c(N)ncnc32)O1)(c1ccccc1)c1ccccc1. The first-order chi connectivity index (χ1) is 31.4. The lowest BCUT2D eigenvalue weighted by Crippen LogP contribution is -2.67. The second-order valence-electron chi connectivity index (χ2n) is 17.2. The third kappa shape index (κ3) is 8.32. The van der Waals surface area contributed by atoms with E-state index in [1.807, 2.05) is 34.9 Å². The number of hydrogen-bond acceptors (Lipinski definition) is 8. The van der Waals surface area contributed by atoms with Crippen molar-refractivity contribution >= 4 is 35.7 Å². The highest BCUT2D eigenvalue weighted by Crippen LogP contribution is 2.46. The van der Waals surface area contributed by atoms with Crippen LogP contribution in [-0.2, 0) is 14.7 Å². The zero-order valence-corrected chi connectivity index (χ0v) is 37.3. The topological polar surface area (TPSA) is 101 Å². The Morgan fingerprint density at radius 1 is 0.662 bits per heavy atom. The summed E-state index contributed by atoms with van der Waals surface area (Å²) in [6.07, 6.45) is -4.80. The van der Waals surface area contributed by atoms with E-state index in [9.17, 15) is 13.2 Å². The molecule has 330 valence electrons. The molecule has 1 saturated heterocycles. The molecule has 2 aromatic heterocycles. The number of nitrogens with zero attached hydrogens (tertiary/aromatic N) is 5. The van der Waals surface area contributed by atoms with Crippen LogP contribution in [0.4, 0.5) is 19.0 Å². The molecule has 0 bridgehead atoms. The molecular weight excluding hydrogens is 842 g/mol. The standard InChI is InChI=1S/C52H49F3N6O3Si/c1-50(2,3)65(43-25-15-7-16-26-43,44-27-17-8-18-28-44)62-35-42-33-60(51(38-19-9-4-10-20-38,39-21-11-5-12-22-39)40-23-13-6-14-24-40)34-45(63-42)61-48(59-46-47(56)57-36-58-49(46)61)37-29-31-41(32-30-37)64-52(53,54)55/h4-32,36,42,45H,33-35H2,1-3H3,(H2,56,57,58)/t42-,45+/m0/s1. The van der Waals surface area contributed by atoms with Gasteiger partial charge in [0.1, 0.15) is 17.9 Å². The Kier molecular flexibility index (Phi) is 11.9. The number of morpholine rings is 1. The predicted octanol–water partition coefficient (Wildman–Crippen LogP) is 9.74. The van der Waals surface area contributed by atoms with Gasteiger partial charge in [-0.05, 0) is 56.4 Å². The number of hydrogen-bond donors (Lipinski definition) is 1. The zero-order chi connectivity index (χ0) is 45.2. The van der Waals surface area contributed by atoms with Crippen molar-refractivity contribution in [2.75, 3.05) is 25.4 Å². The fourth-order valence-electron chi connectivity index (χ4n) is 9.60. The molecule has 2 atom stereocenters. The Labute approximate surface area is 377 Å². The summed E-state index contributed by atoms with van der Waals surface area (Å²) in [5.41, 5.74) is 10.0. The summed E-state index contributed by atoms with van der Waals surface area (Å²) in [7, 11) is -3.07. The van der Waals surface area contributed by atoms with E-state index in [4.69, 9.17) is 24.9 Å². The highest BCUT2D eigenvalue weighted by atomic mass is 28.4. The van der Waals surface area contributed by atoms with Crippen molar-refractivity contribution in [3.05, 3.63) is 199 Å². The summed E-state index contributed by atoms with van der Waals surface area (Å²) in [4.78, 5) is 16.4. The van der Waals surface area contributed by atoms with Gasteiger partial charge in [-0.1, -0.05) is 172 Å². The maximum Gasteiger partial charge on any atom is 0.573 e. The normalized spacial score (nSPS) is 16.4. The van der Waals surface area contributed by atoms with Crippen molar-refractivity contribution in [3.8, 4) is 17.1 Å². The highest BCUT2D eigenvalue weighted by Gasteiger charge is 2.52. The van der Waals surface area contributed by atoms with Crippen molar-refractivity contribution in [1.82, 2.24) is 24.4 Å². The monoisotopic (exact) mass is 890 g/mol. The van der Waals surface area contributed by atoms with Crippen LogP contribution in [0.25, 0.3) is 22.6 Å². The molecule has 8 aromatic rings. The molecule has 65 heavy (non-hydrogen) atoms. The summed E-state index contributed by atoms with van der Waals surface area (Å²) in [6.45, 7) is 7.72. The van der Waals surface area contributed by atoms with Gasteiger partial charge in [-0.2, -0.15) is 0 Å². The van der Waals surface area contributed by atoms with Crippen LogP contribution in [0.1, 0.15) is 43.7 Å². The number of fused-ring (bicyclic) bond motifs is 1. The molecule has 1 fully saturated rings. The number of alkyl halides is 3. The minimum absolute atomic E-state index is 0.151. The van der Waals surface area contributed by atoms with Crippen LogP contribution in [0.15, 0.2) is 182 Å².